The van der Waals surface area contributed by atoms with E-state index in [1.54, 1.807) is 13.8 Å². The Hall–Kier alpha value is -1.45. The van der Waals surface area contributed by atoms with Crippen molar-refractivity contribution in [3.05, 3.63) is 11.5 Å². The summed E-state index contributed by atoms with van der Waals surface area (Å²) in [5.41, 5.74) is 0.373. The van der Waals surface area contributed by atoms with Crippen molar-refractivity contribution in [2.75, 3.05) is 40.3 Å². The maximum absolute atomic E-state index is 12.8. The van der Waals surface area contributed by atoms with Crippen LogP contribution in [0.2, 0.25) is 0 Å². The average molecular weight is 372 g/mol. The first-order chi connectivity index (χ1) is 11.7. The van der Waals surface area contributed by atoms with E-state index in [0.717, 1.165) is 13.0 Å². The van der Waals surface area contributed by atoms with Crippen LogP contribution >= 0.6 is 0 Å². The van der Waals surface area contributed by atoms with E-state index in [9.17, 15) is 13.2 Å². The highest BCUT2D eigenvalue weighted by atomic mass is 32.2. The van der Waals surface area contributed by atoms with Crippen molar-refractivity contribution in [2.24, 2.45) is 5.92 Å². The maximum atomic E-state index is 12.8. The van der Waals surface area contributed by atoms with E-state index >= 15 is 0 Å². The van der Waals surface area contributed by atoms with Crippen LogP contribution in [0.3, 0.4) is 0 Å². The number of amides is 1. The fourth-order valence-corrected chi connectivity index (χ4v) is 4.84. The molecule has 2 rings (SSSR count). The quantitative estimate of drug-likeness (QED) is 0.710. The molecule has 2 heterocycles. The zero-order valence-electron chi connectivity index (χ0n) is 15.4. The van der Waals surface area contributed by atoms with E-state index in [2.05, 4.69) is 15.4 Å². The number of carbonyl (C=O) groups excluding carboxylic acids is 1. The number of hydrogen-bond donors (Lipinski definition) is 1. The van der Waals surface area contributed by atoms with Crippen LogP contribution < -0.4 is 5.32 Å². The molecule has 0 unspecified atom stereocenters. The Morgan fingerprint density at radius 1 is 1.32 bits per heavy atom. The van der Waals surface area contributed by atoms with Crippen LogP contribution in [0.5, 0.6) is 0 Å². The number of carbonyl (C=O) groups is 1. The van der Waals surface area contributed by atoms with E-state index in [0.29, 0.717) is 43.9 Å². The molecule has 1 aliphatic rings. The number of piperidine rings is 1. The van der Waals surface area contributed by atoms with Crippen molar-refractivity contribution in [2.45, 2.75) is 38.0 Å². The van der Waals surface area contributed by atoms with Gasteiger partial charge < -0.3 is 14.7 Å². The molecule has 9 heteroatoms. The molecule has 1 fully saturated rings. The minimum atomic E-state index is -3.62. The number of hydrogen-bond acceptors (Lipinski definition) is 6. The molecule has 0 aliphatic carbocycles. The zero-order valence-corrected chi connectivity index (χ0v) is 16.2. The highest BCUT2D eigenvalue weighted by Crippen LogP contribution is 2.27. The highest BCUT2D eigenvalue weighted by Gasteiger charge is 2.35. The Bertz CT molecular complexity index is 671. The first-order valence-corrected chi connectivity index (χ1v) is 10.0. The second kappa shape index (κ2) is 8.29. The van der Waals surface area contributed by atoms with Crippen molar-refractivity contribution < 1.29 is 17.7 Å². The van der Waals surface area contributed by atoms with Crippen molar-refractivity contribution in [3.8, 4) is 0 Å². The molecule has 25 heavy (non-hydrogen) atoms. The van der Waals surface area contributed by atoms with Crippen molar-refractivity contribution >= 4 is 15.9 Å². The fourth-order valence-electron chi connectivity index (χ4n) is 3.08. The van der Waals surface area contributed by atoms with Gasteiger partial charge in [0.1, 0.15) is 10.6 Å². The van der Waals surface area contributed by atoms with Gasteiger partial charge in [-0.3, -0.25) is 4.79 Å². The maximum Gasteiger partial charge on any atom is 0.248 e. The summed E-state index contributed by atoms with van der Waals surface area (Å²) in [5.74, 6) is 0.196. The summed E-state index contributed by atoms with van der Waals surface area (Å²) in [6.45, 7) is 5.46. The number of nitrogens with one attached hydrogen (secondary N) is 1. The molecule has 1 aliphatic heterocycles. The van der Waals surface area contributed by atoms with E-state index < -0.39 is 10.0 Å². The van der Waals surface area contributed by atoms with Crippen LogP contribution in [-0.4, -0.2) is 69.0 Å². The van der Waals surface area contributed by atoms with Gasteiger partial charge in [-0.2, -0.15) is 4.31 Å². The Labute approximate surface area is 149 Å². The van der Waals surface area contributed by atoms with Crippen LogP contribution in [0, 0.1) is 19.8 Å². The summed E-state index contributed by atoms with van der Waals surface area (Å²) in [5, 5.41) is 6.67. The molecule has 0 spiro atoms. The van der Waals surface area contributed by atoms with Gasteiger partial charge in [-0.15, -0.1) is 0 Å². The predicted octanol–water partition coefficient (Wildman–Crippen LogP) is 0.760. The van der Waals surface area contributed by atoms with Gasteiger partial charge in [0.2, 0.25) is 15.9 Å². The van der Waals surface area contributed by atoms with Gasteiger partial charge in [-0.1, -0.05) is 5.16 Å². The number of aromatic nitrogens is 1. The van der Waals surface area contributed by atoms with Crippen molar-refractivity contribution in [1.29, 1.82) is 0 Å². The van der Waals surface area contributed by atoms with Gasteiger partial charge in [0, 0.05) is 25.6 Å². The highest BCUT2D eigenvalue weighted by molar-refractivity contribution is 7.89. The zero-order chi connectivity index (χ0) is 18.6. The molecular formula is C16H28N4O4S. The number of rotatable bonds is 7. The van der Waals surface area contributed by atoms with Gasteiger partial charge >= 0.3 is 0 Å². The van der Waals surface area contributed by atoms with Crippen molar-refractivity contribution in [3.63, 3.8) is 0 Å². The first kappa shape index (κ1) is 19.9. The fraction of sp³-hybridized carbons (Fsp3) is 0.750. The molecule has 0 saturated carbocycles. The summed E-state index contributed by atoms with van der Waals surface area (Å²) in [6.07, 6.45) is 1.96. The molecule has 1 aromatic rings. The minimum absolute atomic E-state index is 0.0214. The van der Waals surface area contributed by atoms with Gasteiger partial charge in [0.15, 0.2) is 5.76 Å². The normalized spacial score (nSPS) is 17.2. The SMILES string of the molecule is Cc1noc(C)c1S(=O)(=O)N1CCC(C(=O)NCCCN(C)C)CC1. The molecule has 0 radical (unpaired) electrons. The first-order valence-electron chi connectivity index (χ1n) is 8.59. The number of aryl methyl sites for hydroxylation is 2. The second-order valence-corrected chi connectivity index (χ2v) is 8.65. The van der Waals surface area contributed by atoms with Crippen LogP contribution in [0.15, 0.2) is 9.42 Å². The monoisotopic (exact) mass is 372 g/mol. The average Bonchev–Trinajstić information content (AvgIpc) is 2.90. The summed E-state index contributed by atoms with van der Waals surface area (Å²) in [6, 6.07) is 0. The number of nitrogens with zero attached hydrogens (tertiary/aromatic N) is 3. The molecule has 0 bridgehead atoms. The molecule has 142 valence electrons. The lowest BCUT2D eigenvalue weighted by atomic mass is 9.97. The third-order valence-corrected chi connectivity index (χ3v) is 6.62. The molecule has 1 aromatic heterocycles. The Morgan fingerprint density at radius 3 is 2.48 bits per heavy atom. The Balaban J connectivity index is 1.88. The predicted molar refractivity (Wildman–Crippen MR) is 93.6 cm³/mol. The second-order valence-electron chi connectivity index (χ2n) is 6.78. The third-order valence-electron chi connectivity index (χ3n) is 4.47. The van der Waals surface area contributed by atoms with E-state index in [4.69, 9.17) is 4.52 Å². The molecular weight excluding hydrogens is 344 g/mol. The summed E-state index contributed by atoms with van der Waals surface area (Å²) >= 11 is 0. The molecule has 1 N–H and O–H groups in total. The smallest absolute Gasteiger partial charge is 0.248 e. The standard InChI is InChI=1S/C16H28N4O4S/c1-12-15(13(2)24-18-12)25(22,23)20-10-6-14(7-11-20)16(21)17-8-5-9-19(3)4/h14H,5-11H2,1-4H3,(H,17,21). The lowest BCUT2D eigenvalue weighted by molar-refractivity contribution is -0.126. The van der Waals surface area contributed by atoms with Crippen molar-refractivity contribution in [1.82, 2.24) is 19.7 Å². The van der Waals surface area contributed by atoms with Gasteiger partial charge in [-0.05, 0) is 53.8 Å². The van der Waals surface area contributed by atoms with Crippen LogP contribution in [0.1, 0.15) is 30.7 Å². The Kier molecular flexibility index (Phi) is 6.59. The number of sulfonamides is 1. The molecule has 1 saturated heterocycles. The van der Waals surface area contributed by atoms with Gasteiger partial charge in [0.05, 0.1) is 0 Å². The van der Waals surface area contributed by atoms with Gasteiger partial charge in [0.25, 0.3) is 0 Å². The summed E-state index contributed by atoms with van der Waals surface area (Å²) in [4.78, 5) is 14.4. The topological polar surface area (TPSA) is 95.8 Å². The van der Waals surface area contributed by atoms with E-state index in [-0.39, 0.29) is 16.7 Å². The lowest BCUT2D eigenvalue weighted by Gasteiger charge is -2.30. The summed E-state index contributed by atoms with van der Waals surface area (Å²) in [7, 11) is 0.374. The lowest BCUT2D eigenvalue weighted by Crippen LogP contribution is -2.43. The van der Waals surface area contributed by atoms with Gasteiger partial charge in [-0.25, -0.2) is 8.42 Å². The Morgan fingerprint density at radius 2 is 1.96 bits per heavy atom. The van der Waals surface area contributed by atoms with E-state index in [1.807, 2.05) is 14.1 Å². The molecule has 1 amide bonds. The van der Waals surface area contributed by atoms with Crippen LogP contribution in [0.25, 0.3) is 0 Å². The molecule has 0 aromatic carbocycles. The van der Waals surface area contributed by atoms with Crippen LogP contribution in [-0.2, 0) is 14.8 Å². The van der Waals surface area contributed by atoms with E-state index in [1.165, 1.54) is 4.31 Å². The largest absolute Gasteiger partial charge is 0.360 e. The molecule has 0 atom stereocenters. The summed E-state index contributed by atoms with van der Waals surface area (Å²) < 4.78 is 31.9. The minimum Gasteiger partial charge on any atom is -0.360 e. The third kappa shape index (κ3) is 4.80. The molecule has 8 nitrogen and oxygen atoms in total. The van der Waals surface area contributed by atoms with Crippen LogP contribution in [0.4, 0.5) is 0 Å².